The standard InChI is InChI=1S/C25H30N4O5/c1-14(2)29-24-20(15(3)28-29)23(26-16-8-10-32-11-9-16)21(25(30)31)22(27-24)18-6-4-5-7-19(18)34-13-17-12-33-17/h4-7,14,16-17H,8-13H2,1-3H3,(H,26,27)(H,30,31). The molecule has 2 saturated heterocycles. The molecule has 4 heterocycles. The van der Waals surface area contributed by atoms with E-state index in [0.717, 1.165) is 23.9 Å². The number of epoxide rings is 1. The van der Waals surface area contributed by atoms with Crippen LogP contribution in [0.3, 0.4) is 0 Å². The molecule has 34 heavy (non-hydrogen) atoms. The zero-order valence-electron chi connectivity index (χ0n) is 19.7. The summed E-state index contributed by atoms with van der Waals surface area (Å²) in [6.45, 7) is 8.36. The van der Waals surface area contributed by atoms with Crippen LogP contribution in [0, 0.1) is 6.92 Å². The zero-order chi connectivity index (χ0) is 23.8. The smallest absolute Gasteiger partial charge is 0.340 e. The highest BCUT2D eigenvalue weighted by Gasteiger charge is 2.30. The van der Waals surface area contributed by atoms with Gasteiger partial charge in [0.05, 0.1) is 29.1 Å². The highest BCUT2D eigenvalue weighted by Crippen LogP contribution is 2.40. The summed E-state index contributed by atoms with van der Waals surface area (Å²) in [6, 6.07) is 7.59. The third kappa shape index (κ3) is 4.33. The maximum Gasteiger partial charge on any atom is 0.340 e. The van der Waals surface area contributed by atoms with Crippen LogP contribution in [0.15, 0.2) is 24.3 Å². The molecule has 0 bridgehead atoms. The van der Waals surface area contributed by atoms with Crippen molar-refractivity contribution >= 4 is 22.7 Å². The second kappa shape index (κ2) is 9.23. The Bertz CT molecular complexity index is 1210. The fourth-order valence-electron chi connectivity index (χ4n) is 4.43. The van der Waals surface area contributed by atoms with Gasteiger partial charge in [0, 0.05) is 30.9 Å². The van der Waals surface area contributed by atoms with Gasteiger partial charge in [-0.25, -0.2) is 14.5 Å². The van der Waals surface area contributed by atoms with Crippen molar-refractivity contribution < 1.29 is 24.1 Å². The number of fused-ring (bicyclic) bond motifs is 1. The average Bonchev–Trinajstić information content (AvgIpc) is 3.59. The number of nitrogens with zero attached hydrogens (tertiary/aromatic N) is 3. The Morgan fingerprint density at radius 3 is 2.71 bits per heavy atom. The Balaban J connectivity index is 1.73. The highest BCUT2D eigenvalue weighted by molar-refractivity contribution is 6.10. The Kier molecular flexibility index (Phi) is 6.14. The summed E-state index contributed by atoms with van der Waals surface area (Å²) in [5.74, 6) is -0.465. The number of carbonyl (C=O) groups is 1. The normalized spacial score (nSPS) is 18.4. The number of hydrogen-bond donors (Lipinski definition) is 2. The average molecular weight is 467 g/mol. The Morgan fingerprint density at radius 2 is 2.03 bits per heavy atom. The van der Waals surface area contributed by atoms with Gasteiger partial charge in [-0.3, -0.25) is 0 Å². The third-order valence-electron chi connectivity index (χ3n) is 6.26. The molecule has 0 radical (unpaired) electrons. The Hall–Kier alpha value is -3.17. The summed E-state index contributed by atoms with van der Waals surface area (Å²) >= 11 is 0. The highest BCUT2D eigenvalue weighted by atomic mass is 16.6. The van der Waals surface area contributed by atoms with E-state index in [1.807, 2.05) is 49.7 Å². The molecule has 180 valence electrons. The number of hydrogen-bond acceptors (Lipinski definition) is 7. The molecule has 5 rings (SSSR count). The van der Waals surface area contributed by atoms with Crippen molar-refractivity contribution in [2.75, 3.05) is 31.7 Å². The van der Waals surface area contributed by atoms with E-state index in [-0.39, 0.29) is 23.8 Å². The number of anilines is 1. The summed E-state index contributed by atoms with van der Waals surface area (Å²) < 4.78 is 18.7. The van der Waals surface area contributed by atoms with E-state index >= 15 is 0 Å². The van der Waals surface area contributed by atoms with Gasteiger partial charge in [-0.1, -0.05) is 12.1 Å². The van der Waals surface area contributed by atoms with E-state index in [0.29, 0.717) is 54.8 Å². The van der Waals surface area contributed by atoms with Crippen molar-refractivity contribution in [2.45, 2.75) is 51.8 Å². The number of ether oxygens (including phenoxy) is 3. The van der Waals surface area contributed by atoms with E-state index in [4.69, 9.17) is 24.3 Å². The SMILES string of the molecule is Cc1nn(C(C)C)c2nc(-c3ccccc3OCC3CO3)c(C(=O)O)c(NC3CCOCC3)c12. The molecule has 0 amide bonds. The lowest BCUT2D eigenvalue weighted by molar-refractivity contribution is 0.0698. The molecule has 9 nitrogen and oxygen atoms in total. The van der Waals surface area contributed by atoms with Crippen LogP contribution < -0.4 is 10.1 Å². The molecular weight excluding hydrogens is 436 g/mol. The number of aromatic carboxylic acids is 1. The molecular formula is C25H30N4O5. The van der Waals surface area contributed by atoms with Gasteiger partial charge >= 0.3 is 5.97 Å². The van der Waals surface area contributed by atoms with Crippen LogP contribution in [0.1, 0.15) is 48.8 Å². The van der Waals surface area contributed by atoms with E-state index in [1.54, 1.807) is 0 Å². The first kappa shape index (κ1) is 22.6. The molecule has 2 aliphatic heterocycles. The van der Waals surface area contributed by atoms with Crippen molar-refractivity contribution in [3.63, 3.8) is 0 Å². The van der Waals surface area contributed by atoms with Crippen LogP contribution in [0.2, 0.25) is 0 Å². The molecule has 0 saturated carbocycles. The molecule has 3 aromatic rings. The van der Waals surface area contributed by atoms with Crippen LogP contribution in [-0.4, -0.2) is 64.4 Å². The Morgan fingerprint density at radius 1 is 1.29 bits per heavy atom. The molecule has 0 aliphatic carbocycles. The van der Waals surface area contributed by atoms with Crippen LogP contribution in [-0.2, 0) is 9.47 Å². The number of para-hydroxylation sites is 1. The lowest BCUT2D eigenvalue weighted by Gasteiger charge is -2.26. The second-order valence-electron chi connectivity index (χ2n) is 9.13. The summed E-state index contributed by atoms with van der Waals surface area (Å²) in [5, 5.41) is 19.4. The van der Waals surface area contributed by atoms with Crippen LogP contribution in [0.4, 0.5) is 5.69 Å². The predicted molar refractivity (Wildman–Crippen MR) is 128 cm³/mol. The van der Waals surface area contributed by atoms with Gasteiger partial charge in [0.25, 0.3) is 0 Å². The van der Waals surface area contributed by atoms with Gasteiger partial charge in [-0.2, -0.15) is 5.10 Å². The summed E-state index contributed by atoms with van der Waals surface area (Å²) in [7, 11) is 0. The summed E-state index contributed by atoms with van der Waals surface area (Å²) in [6.07, 6.45) is 1.69. The number of benzene rings is 1. The lowest BCUT2D eigenvalue weighted by Crippen LogP contribution is -2.29. The molecule has 1 unspecified atom stereocenters. The topological polar surface area (TPSA) is 111 Å². The quantitative estimate of drug-likeness (QED) is 0.478. The van der Waals surface area contributed by atoms with Gasteiger partial charge < -0.3 is 24.6 Å². The second-order valence-corrected chi connectivity index (χ2v) is 9.13. The molecule has 1 aromatic carbocycles. The van der Waals surface area contributed by atoms with Gasteiger partial charge in [0.2, 0.25) is 0 Å². The largest absolute Gasteiger partial charge is 0.490 e. The number of carboxylic acid groups (broad SMARTS) is 1. The van der Waals surface area contributed by atoms with Crippen LogP contribution in [0.5, 0.6) is 5.75 Å². The first-order valence-corrected chi connectivity index (χ1v) is 11.8. The number of rotatable bonds is 8. The van der Waals surface area contributed by atoms with Crippen LogP contribution >= 0.6 is 0 Å². The molecule has 2 aliphatic rings. The monoisotopic (exact) mass is 466 g/mol. The van der Waals surface area contributed by atoms with Crippen molar-refractivity contribution in [3.8, 4) is 17.0 Å². The van der Waals surface area contributed by atoms with E-state index < -0.39 is 5.97 Å². The summed E-state index contributed by atoms with van der Waals surface area (Å²) in [5.41, 5.74) is 3.08. The van der Waals surface area contributed by atoms with Crippen molar-refractivity contribution in [2.24, 2.45) is 0 Å². The van der Waals surface area contributed by atoms with Gasteiger partial charge in [0.15, 0.2) is 5.65 Å². The third-order valence-corrected chi connectivity index (χ3v) is 6.26. The number of carboxylic acids is 1. The number of pyridine rings is 1. The van der Waals surface area contributed by atoms with Crippen LogP contribution in [0.25, 0.3) is 22.3 Å². The number of aryl methyl sites for hydroxylation is 1. The van der Waals surface area contributed by atoms with Crippen molar-refractivity contribution in [3.05, 3.63) is 35.5 Å². The molecule has 1 atom stereocenters. The first-order chi connectivity index (χ1) is 16.4. The molecule has 2 aromatic heterocycles. The number of aromatic nitrogens is 3. The Labute approximate surface area is 198 Å². The van der Waals surface area contributed by atoms with Gasteiger partial charge in [-0.05, 0) is 45.7 Å². The minimum Gasteiger partial charge on any atom is -0.490 e. The molecule has 2 N–H and O–H groups in total. The first-order valence-electron chi connectivity index (χ1n) is 11.8. The molecule has 2 fully saturated rings. The molecule has 9 heteroatoms. The fraction of sp³-hybridized carbons (Fsp3) is 0.480. The minimum absolute atomic E-state index is 0.0571. The number of nitrogens with one attached hydrogen (secondary N) is 1. The van der Waals surface area contributed by atoms with Crippen molar-refractivity contribution in [1.82, 2.24) is 14.8 Å². The fourth-order valence-corrected chi connectivity index (χ4v) is 4.43. The van der Waals surface area contributed by atoms with Gasteiger partial charge in [0.1, 0.15) is 24.0 Å². The van der Waals surface area contributed by atoms with E-state index in [2.05, 4.69) is 5.32 Å². The molecule has 0 spiro atoms. The maximum absolute atomic E-state index is 12.7. The predicted octanol–water partition coefficient (Wildman–Crippen LogP) is 4.05. The maximum atomic E-state index is 12.7. The van der Waals surface area contributed by atoms with E-state index in [9.17, 15) is 9.90 Å². The zero-order valence-corrected chi connectivity index (χ0v) is 19.7. The minimum atomic E-state index is -1.05. The lowest BCUT2D eigenvalue weighted by atomic mass is 9.99. The summed E-state index contributed by atoms with van der Waals surface area (Å²) in [4.78, 5) is 17.7. The van der Waals surface area contributed by atoms with E-state index in [1.165, 1.54) is 0 Å². The van der Waals surface area contributed by atoms with Gasteiger partial charge in [-0.15, -0.1) is 0 Å². The van der Waals surface area contributed by atoms with Crippen molar-refractivity contribution in [1.29, 1.82) is 0 Å².